The Balaban J connectivity index is 1.56. The molecular formula is C23H23ClN2O3S. The number of rotatable bonds is 8. The number of amides is 1. The largest absolute Gasteiger partial charge is 0.352 e. The van der Waals surface area contributed by atoms with Gasteiger partial charge in [0.15, 0.2) is 0 Å². The molecule has 0 fully saturated rings. The van der Waals surface area contributed by atoms with Crippen molar-refractivity contribution in [2.75, 3.05) is 11.3 Å². The molecular weight excluding hydrogens is 420 g/mol. The average Bonchev–Trinajstić information content (AvgIpc) is 2.72. The van der Waals surface area contributed by atoms with E-state index in [1.54, 1.807) is 18.2 Å². The highest BCUT2D eigenvalue weighted by molar-refractivity contribution is 7.92. The molecule has 0 aliphatic carbocycles. The summed E-state index contributed by atoms with van der Waals surface area (Å²) in [6.45, 7) is 2.58. The maximum atomic E-state index is 12.5. The summed E-state index contributed by atoms with van der Waals surface area (Å²) in [5.41, 5.74) is 3.16. The van der Waals surface area contributed by atoms with Crippen molar-refractivity contribution in [2.24, 2.45) is 0 Å². The van der Waals surface area contributed by atoms with Gasteiger partial charge in [0, 0.05) is 22.8 Å². The number of carbonyl (C=O) groups excluding carboxylic acids is 1. The monoisotopic (exact) mass is 442 g/mol. The lowest BCUT2D eigenvalue weighted by molar-refractivity contribution is 0.0953. The number of hydrogen-bond acceptors (Lipinski definition) is 3. The van der Waals surface area contributed by atoms with Crippen LogP contribution in [-0.4, -0.2) is 20.9 Å². The van der Waals surface area contributed by atoms with Crippen LogP contribution in [-0.2, 0) is 16.4 Å². The molecule has 0 atom stereocenters. The van der Waals surface area contributed by atoms with Crippen molar-refractivity contribution in [3.8, 4) is 0 Å². The molecule has 0 heterocycles. The molecule has 3 rings (SSSR count). The summed E-state index contributed by atoms with van der Waals surface area (Å²) >= 11 is 5.81. The summed E-state index contributed by atoms with van der Waals surface area (Å²) in [6, 6.07) is 20.6. The first kappa shape index (κ1) is 21.9. The zero-order chi connectivity index (χ0) is 21.6. The van der Waals surface area contributed by atoms with Crippen LogP contribution in [0.1, 0.15) is 27.9 Å². The van der Waals surface area contributed by atoms with E-state index in [1.807, 2.05) is 6.92 Å². The fraction of sp³-hybridized carbons (Fsp3) is 0.174. The summed E-state index contributed by atoms with van der Waals surface area (Å²) < 4.78 is 27.5. The van der Waals surface area contributed by atoms with Crippen molar-refractivity contribution in [1.29, 1.82) is 0 Å². The maximum Gasteiger partial charge on any atom is 0.261 e. The van der Waals surface area contributed by atoms with Crippen molar-refractivity contribution in [2.45, 2.75) is 24.7 Å². The van der Waals surface area contributed by atoms with E-state index in [0.29, 0.717) is 22.8 Å². The third-order valence-electron chi connectivity index (χ3n) is 4.55. The molecule has 0 aliphatic heterocycles. The van der Waals surface area contributed by atoms with E-state index < -0.39 is 10.0 Å². The second-order valence-corrected chi connectivity index (χ2v) is 9.10. The molecule has 1 amide bonds. The van der Waals surface area contributed by atoms with Gasteiger partial charge in [0.2, 0.25) is 0 Å². The van der Waals surface area contributed by atoms with Gasteiger partial charge in [-0.25, -0.2) is 8.42 Å². The van der Waals surface area contributed by atoms with Gasteiger partial charge < -0.3 is 5.32 Å². The molecule has 0 saturated heterocycles. The Morgan fingerprint density at radius 2 is 1.67 bits per heavy atom. The van der Waals surface area contributed by atoms with Gasteiger partial charge in [0.05, 0.1) is 4.90 Å². The average molecular weight is 443 g/mol. The molecule has 0 unspecified atom stereocenters. The smallest absolute Gasteiger partial charge is 0.261 e. The number of nitrogens with one attached hydrogen (secondary N) is 2. The number of hydrogen-bond donors (Lipinski definition) is 2. The fourth-order valence-corrected chi connectivity index (χ4v) is 4.08. The van der Waals surface area contributed by atoms with Crippen LogP contribution in [0.5, 0.6) is 0 Å². The number of aryl methyl sites for hydroxylation is 2. The van der Waals surface area contributed by atoms with Crippen molar-refractivity contribution in [3.05, 3.63) is 94.5 Å². The van der Waals surface area contributed by atoms with Crippen LogP contribution < -0.4 is 10.0 Å². The number of sulfonamides is 1. The van der Waals surface area contributed by atoms with Gasteiger partial charge in [-0.15, -0.1) is 0 Å². The molecule has 5 nitrogen and oxygen atoms in total. The molecule has 7 heteroatoms. The van der Waals surface area contributed by atoms with Crippen LogP contribution in [0.2, 0.25) is 5.02 Å². The van der Waals surface area contributed by atoms with Crippen LogP contribution in [0.15, 0.2) is 77.7 Å². The molecule has 0 bridgehead atoms. The summed E-state index contributed by atoms with van der Waals surface area (Å²) in [5.74, 6) is -0.244. The lowest BCUT2D eigenvalue weighted by atomic mass is 10.1. The number of carbonyl (C=O) groups is 1. The molecule has 0 saturated carbocycles. The Kier molecular flexibility index (Phi) is 7.13. The Morgan fingerprint density at radius 3 is 2.37 bits per heavy atom. The molecule has 156 valence electrons. The first-order chi connectivity index (χ1) is 14.3. The molecule has 3 aromatic rings. The summed E-state index contributed by atoms with van der Waals surface area (Å²) in [6.07, 6.45) is 1.69. The number of benzene rings is 3. The standard InChI is InChI=1S/C23H23ClN2O3S/c1-17-7-9-18(10-8-17)4-3-15-25-23(27)19-5-2-6-21(16-19)26-30(28,29)22-13-11-20(24)12-14-22/h2,5-14,16,26H,3-4,15H2,1H3,(H,25,27). The summed E-state index contributed by atoms with van der Waals surface area (Å²) in [4.78, 5) is 12.5. The van der Waals surface area contributed by atoms with Crippen LogP contribution in [0.4, 0.5) is 5.69 Å². The second-order valence-electron chi connectivity index (χ2n) is 6.99. The van der Waals surface area contributed by atoms with Crippen LogP contribution >= 0.6 is 11.6 Å². The quantitative estimate of drug-likeness (QED) is 0.491. The zero-order valence-corrected chi connectivity index (χ0v) is 18.1. The van der Waals surface area contributed by atoms with Gasteiger partial charge in [-0.1, -0.05) is 47.5 Å². The highest BCUT2D eigenvalue weighted by Crippen LogP contribution is 2.19. The second kappa shape index (κ2) is 9.78. The first-order valence-corrected chi connectivity index (χ1v) is 11.4. The van der Waals surface area contributed by atoms with Gasteiger partial charge in [-0.3, -0.25) is 9.52 Å². The maximum absolute atomic E-state index is 12.5. The highest BCUT2D eigenvalue weighted by Gasteiger charge is 2.15. The third-order valence-corrected chi connectivity index (χ3v) is 6.20. The predicted molar refractivity (Wildman–Crippen MR) is 121 cm³/mol. The molecule has 30 heavy (non-hydrogen) atoms. The molecule has 2 N–H and O–H groups in total. The molecule has 0 aromatic heterocycles. The van der Waals surface area contributed by atoms with Gasteiger partial charge in [-0.05, 0) is 67.8 Å². The van der Waals surface area contributed by atoms with Crippen molar-refractivity contribution in [3.63, 3.8) is 0 Å². The number of halogens is 1. The number of anilines is 1. The molecule has 0 aliphatic rings. The van der Waals surface area contributed by atoms with E-state index in [0.717, 1.165) is 12.8 Å². The van der Waals surface area contributed by atoms with Crippen LogP contribution in [0.3, 0.4) is 0 Å². The molecule has 0 radical (unpaired) electrons. The Labute approximate surface area is 182 Å². The van der Waals surface area contributed by atoms with E-state index in [2.05, 4.69) is 34.3 Å². The minimum absolute atomic E-state index is 0.0952. The van der Waals surface area contributed by atoms with E-state index in [-0.39, 0.29) is 10.8 Å². The first-order valence-electron chi connectivity index (χ1n) is 9.56. The van der Waals surface area contributed by atoms with E-state index in [4.69, 9.17) is 11.6 Å². The van der Waals surface area contributed by atoms with E-state index in [9.17, 15) is 13.2 Å². The van der Waals surface area contributed by atoms with Crippen molar-refractivity contribution in [1.82, 2.24) is 5.32 Å². The molecule has 0 spiro atoms. The van der Waals surface area contributed by atoms with E-state index in [1.165, 1.54) is 41.5 Å². The van der Waals surface area contributed by atoms with Gasteiger partial charge in [0.1, 0.15) is 0 Å². The topological polar surface area (TPSA) is 75.3 Å². The van der Waals surface area contributed by atoms with Gasteiger partial charge in [0.25, 0.3) is 15.9 Å². The zero-order valence-electron chi connectivity index (χ0n) is 16.6. The highest BCUT2D eigenvalue weighted by atomic mass is 35.5. The van der Waals surface area contributed by atoms with Gasteiger partial charge >= 0.3 is 0 Å². The van der Waals surface area contributed by atoms with Crippen LogP contribution in [0, 0.1) is 6.92 Å². The summed E-state index contributed by atoms with van der Waals surface area (Å²) in [5, 5.41) is 3.33. The minimum Gasteiger partial charge on any atom is -0.352 e. The normalized spacial score (nSPS) is 11.1. The lowest BCUT2D eigenvalue weighted by Crippen LogP contribution is -2.25. The SMILES string of the molecule is Cc1ccc(CCCNC(=O)c2cccc(NS(=O)(=O)c3ccc(Cl)cc3)c2)cc1. The summed E-state index contributed by atoms with van der Waals surface area (Å²) in [7, 11) is -3.77. The van der Waals surface area contributed by atoms with Crippen molar-refractivity contribution >= 4 is 33.2 Å². The van der Waals surface area contributed by atoms with Gasteiger partial charge in [-0.2, -0.15) is 0 Å². The van der Waals surface area contributed by atoms with Crippen molar-refractivity contribution < 1.29 is 13.2 Å². The fourth-order valence-electron chi connectivity index (χ4n) is 2.90. The Hall–Kier alpha value is -2.83. The third kappa shape index (κ3) is 6.08. The van der Waals surface area contributed by atoms with Crippen LogP contribution in [0.25, 0.3) is 0 Å². The minimum atomic E-state index is -3.77. The predicted octanol–water partition coefficient (Wildman–Crippen LogP) is 4.81. The Bertz CT molecular complexity index is 1110. The Morgan fingerprint density at radius 1 is 0.967 bits per heavy atom. The van der Waals surface area contributed by atoms with E-state index >= 15 is 0 Å². The lowest BCUT2D eigenvalue weighted by Gasteiger charge is -2.10. The molecule has 3 aromatic carbocycles.